The Morgan fingerprint density at radius 3 is 2.44 bits per heavy atom. The second-order valence-electron chi connectivity index (χ2n) is 12.6. The highest BCUT2D eigenvalue weighted by molar-refractivity contribution is 6.02. The monoisotopic (exact) mass is 664 g/mol. The van der Waals surface area contributed by atoms with Gasteiger partial charge in [-0.05, 0) is 100 Å². The minimum Gasteiger partial charge on any atom is -0.497 e. The van der Waals surface area contributed by atoms with E-state index in [1.54, 1.807) is 37.1 Å². The van der Waals surface area contributed by atoms with Gasteiger partial charge < -0.3 is 34.9 Å². The van der Waals surface area contributed by atoms with Crippen molar-refractivity contribution in [2.45, 2.75) is 64.8 Å². The van der Waals surface area contributed by atoms with Crippen LogP contribution in [0.2, 0.25) is 0 Å². The van der Waals surface area contributed by atoms with E-state index in [2.05, 4.69) is 29.5 Å². The SMILES string of the molecule is COc1ccc(CN(C)C[C@@H]2OCCCC[C@@H](C)Oc3ccc(NC(=O)Nc4ccc(F)cc4)cc3C(=O)N([C@@H](C)CO)C[C@H]2C)cc1. The van der Waals surface area contributed by atoms with Gasteiger partial charge in [0.25, 0.3) is 5.91 Å². The highest BCUT2D eigenvalue weighted by Crippen LogP contribution is 2.29. The number of nitrogens with zero attached hydrogens (tertiary/aromatic N) is 2. The molecule has 0 saturated heterocycles. The molecule has 0 saturated carbocycles. The number of aliphatic hydroxyl groups excluding tert-OH is 1. The maximum atomic E-state index is 14.4. The molecule has 3 amide bonds. The fourth-order valence-corrected chi connectivity index (χ4v) is 5.70. The second-order valence-corrected chi connectivity index (χ2v) is 12.6. The fourth-order valence-electron chi connectivity index (χ4n) is 5.70. The lowest BCUT2D eigenvalue weighted by molar-refractivity contribution is -0.0177. The zero-order valence-corrected chi connectivity index (χ0v) is 28.6. The molecule has 0 radical (unpaired) electrons. The summed E-state index contributed by atoms with van der Waals surface area (Å²) in [6.07, 6.45) is 2.19. The summed E-state index contributed by atoms with van der Waals surface area (Å²) in [6.45, 7) is 7.91. The first-order valence-electron chi connectivity index (χ1n) is 16.6. The molecular formula is C37H49FN4O6. The lowest BCUT2D eigenvalue weighted by atomic mass is 10.0. The number of ether oxygens (including phenoxy) is 3. The number of rotatable bonds is 9. The van der Waals surface area contributed by atoms with Crippen LogP contribution in [0.15, 0.2) is 66.7 Å². The third kappa shape index (κ3) is 10.7. The minimum absolute atomic E-state index is 0.0738. The first-order chi connectivity index (χ1) is 23.1. The zero-order valence-electron chi connectivity index (χ0n) is 28.6. The van der Waals surface area contributed by atoms with Crippen LogP contribution in [-0.4, -0.2) is 85.6 Å². The molecule has 1 aliphatic rings. The van der Waals surface area contributed by atoms with Crippen molar-refractivity contribution in [3.8, 4) is 11.5 Å². The van der Waals surface area contributed by atoms with Gasteiger partial charge >= 0.3 is 6.03 Å². The van der Waals surface area contributed by atoms with Gasteiger partial charge in [-0.15, -0.1) is 0 Å². The van der Waals surface area contributed by atoms with Crippen LogP contribution in [0.4, 0.5) is 20.6 Å². The van der Waals surface area contributed by atoms with Crippen LogP contribution in [0.25, 0.3) is 0 Å². The Kier molecular flexibility index (Phi) is 13.6. The van der Waals surface area contributed by atoms with Crippen LogP contribution in [-0.2, 0) is 11.3 Å². The average molecular weight is 665 g/mol. The normalized spacial score (nSPS) is 19.9. The molecule has 3 N–H and O–H groups in total. The van der Waals surface area contributed by atoms with Crippen LogP contribution in [0.3, 0.4) is 0 Å². The number of amides is 3. The molecule has 48 heavy (non-hydrogen) atoms. The molecule has 0 aromatic heterocycles. The van der Waals surface area contributed by atoms with Crippen LogP contribution < -0.4 is 20.1 Å². The number of halogens is 1. The molecule has 0 aliphatic carbocycles. The summed E-state index contributed by atoms with van der Waals surface area (Å²) >= 11 is 0. The number of likely N-dealkylation sites (N-methyl/N-ethyl adjacent to an activating group) is 1. The Labute approximate surface area is 283 Å². The third-order valence-electron chi connectivity index (χ3n) is 8.51. The van der Waals surface area contributed by atoms with E-state index in [0.29, 0.717) is 36.8 Å². The number of urea groups is 1. The zero-order chi connectivity index (χ0) is 34.6. The number of benzene rings is 3. The van der Waals surface area contributed by atoms with Crippen LogP contribution >= 0.6 is 0 Å². The van der Waals surface area contributed by atoms with E-state index >= 15 is 0 Å². The maximum Gasteiger partial charge on any atom is 0.323 e. The highest BCUT2D eigenvalue weighted by atomic mass is 19.1. The molecule has 11 heteroatoms. The molecule has 10 nitrogen and oxygen atoms in total. The number of hydrogen-bond donors (Lipinski definition) is 3. The van der Waals surface area contributed by atoms with Crippen molar-refractivity contribution < 1.29 is 33.3 Å². The summed E-state index contributed by atoms with van der Waals surface area (Å²) in [5, 5.41) is 15.7. The summed E-state index contributed by atoms with van der Waals surface area (Å²) in [5.41, 5.74) is 2.23. The van der Waals surface area contributed by atoms with Gasteiger partial charge in [-0.1, -0.05) is 19.1 Å². The summed E-state index contributed by atoms with van der Waals surface area (Å²) in [5.74, 6) is 0.411. The van der Waals surface area contributed by atoms with Crippen molar-refractivity contribution in [2.24, 2.45) is 5.92 Å². The summed E-state index contributed by atoms with van der Waals surface area (Å²) < 4.78 is 31.4. The van der Waals surface area contributed by atoms with E-state index in [9.17, 15) is 19.1 Å². The van der Waals surface area contributed by atoms with Crippen LogP contribution in [0.5, 0.6) is 11.5 Å². The average Bonchev–Trinajstić information content (AvgIpc) is 3.07. The molecule has 3 aromatic carbocycles. The number of fused-ring (bicyclic) bond motifs is 1. The Morgan fingerprint density at radius 1 is 1.06 bits per heavy atom. The minimum atomic E-state index is -0.544. The lowest BCUT2D eigenvalue weighted by Gasteiger charge is -2.36. The fraction of sp³-hybridized carbons (Fsp3) is 0.459. The van der Waals surface area contributed by atoms with Gasteiger partial charge in [-0.25, -0.2) is 9.18 Å². The number of nitrogens with one attached hydrogen (secondary N) is 2. The van der Waals surface area contributed by atoms with E-state index in [-0.39, 0.29) is 36.2 Å². The van der Waals surface area contributed by atoms with Gasteiger partial charge in [0.1, 0.15) is 17.3 Å². The van der Waals surface area contributed by atoms with E-state index in [1.807, 2.05) is 31.2 Å². The molecule has 0 unspecified atom stereocenters. The van der Waals surface area contributed by atoms with Gasteiger partial charge in [-0.3, -0.25) is 9.69 Å². The molecule has 1 heterocycles. The Balaban J connectivity index is 1.57. The van der Waals surface area contributed by atoms with E-state index < -0.39 is 17.9 Å². The van der Waals surface area contributed by atoms with Gasteiger partial charge in [0.2, 0.25) is 0 Å². The smallest absolute Gasteiger partial charge is 0.323 e. The standard InChI is InChI=1S/C37H49FN4O6/c1-25-21-42(26(2)24-43)36(44)33-20-31(40-37(45)39-30-13-11-29(38)12-14-30)15-18-34(33)48-27(3)8-6-7-19-47-35(25)23-41(4)22-28-9-16-32(46-5)17-10-28/h9-18,20,25-27,35,43H,6-8,19,21-24H2,1-5H3,(H2,39,40,45)/t25-,26+,27-,35+/m1/s1. The predicted molar refractivity (Wildman–Crippen MR) is 185 cm³/mol. The third-order valence-corrected chi connectivity index (χ3v) is 8.51. The van der Waals surface area contributed by atoms with Crippen molar-refractivity contribution in [3.05, 3.63) is 83.7 Å². The van der Waals surface area contributed by atoms with Crippen molar-refractivity contribution >= 4 is 23.3 Å². The Hall–Kier alpha value is -4.19. The Morgan fingerprint density at radius 2 is 1.75 bits per heavy atom. The lowest BCUT2D eigenvalue weighted by Crippen LogP contribution is -2.47. The number of hydrogen-bond acceptors (Lipinski definition) is 7. The first kappa shape index (κ1) is 36.6. The largest absolute Gasteiger partial charge is 0.497 e. The van der Waals surface area contributed by atoms with E-state index in [1.165, 1.54) is 24.3 Å². The molecule has 0 spiro atoms. The molecule has 0 fully saturated rings. The van der Waals surface area contributed by atoms with E-state index in [4.69, 9.17) is 14.2 Å². The van der Waals surface area contributed by atoms with Gasteiger partial charge in [-0.2, -0.15) is 0 Å². The highest BCUT2D eigenvalue weighted by Gasteiger charge is 2.30. The van der Waals surface area contributed by atoms with Crippen molar-refractivity contribution in [1.82, 2.24) is 9.80 Å². The molecule has 4 atom stereocenters. The van der Waals surface area contributed by atoms with Gasteiger partial charge in [0, 0.05) is 43.5 Å². The second kappa shape index (κ2) is 17.8. The molecule has 260 valence electrons. The molecule has 4 rings (SSSR count). The molecule has 0 bridgehead atoms. The first-order valence-corrected chi connectivity index (χ1v) is 16.6. The van der Waals surface area contributed by atoms with Crippen molar-refractivity contribution in [3.63, 3.8) is 0 Å². The molecule has 1 aliphatic heterocycles. The number of carbonyl (C=O) groups is 2. The maximum absolute atomic E-state index is 14.4. The summed E-state index contributed by atoms with van der Waals surface area (Å²) in [4.78, 5) is 31.0. The summed E-state index contributed by atoms with van der Waals surface area (Å²) in [7, 11) is 3.71. The number of aliphatic hydroxyl groups is 1. The van der Waals surface area contributed by atoms with E-state index in [0.717, 1.165) is 37.1 Å². The quantitative estimate of drug-likeness (QED) is 0.243. The topological polar surface area (TPSA) is 113 Å². The summed E-state index contributed by atoms with van der Waals surface area (Å²) in [6, 6.07) is 17.3. The van der Waals surface area contributed by atoms with Crippen LogP contribution in [0, 0.1) is 11.7 Å². The number of anilines is 2. The number of methoxy groups -OCH3 is 1. The number of carbonyl (C=O) groups excluding carboxylic acids is 2. The van der Waals surface area contributed by atoms with Crippen LogP contribution in [0.1, 0.15) is 56.0 Å². The Bertz CT molecular complexity index is 1470. The van der Waals surface area contributed by atoms with Gasteiger partial charge in [0.15, 0.2) is 0 Å². The predicted octanol–water partition coefficient (Wildman–Crippen LogP) is 6.41. The molecular weight excluding hydrogens is 615 g/mol. The molecule has 3 aromatic rings. The van der Waals surface area contributed by atoms with Crippen molar-refractivity contribution in [2.75, 3.05) is 51.1 Å². The van der Waals surface area contributed by atoms with Gasteiger partial charge in [0.05, 0.1) is 37.5 Å². The van der Waals surface area contributed by atoms with Crippen molar-refractivity contribution in [1.29, 1.82) is 0 Å².